The van der Waals surface area contributed by atoms with E-state index in [4.69, 9.17) is 11.6 Å². The Morgan fingerprint density at radius 1 is 1.69 bits per heavy atom. The van der Waals surface area contributed by atoms with Gasteiger partial charge < -0.3 is 5.32 Å². The lowest BCUT2D eigenvalue weighted by molar-refractivity contribution is 0.0952. The van der Waals surface area contributed by atoms with Crippen LogP contribution in [0.2, 0.25) is 0 Å². The normalized spacial score (nSPS) is 16.9. The second-order valence-corrected chi connectivity index (χ2v) is 4.76. The Kier molecular flexibility index (Phi) is 3.44. The van der Waals surface area contributed by atoms with Gasteiger partial charge >= 0.3 is 0 Å². The Balaban J connectivity index is 1.90. The highest BCUT2D eigenvalue weighted by Crippen LogP contribution is 2.35. The SMILES string of the molecule is Cc1ncccc1C(=O)NCC(Cl)C1CC1. The molecule has 1 amide bonds. The van der Waals surface area contributed by atoms with Gasteiger partial charge in [0.1, 0.15) is 0 Å². The van der Waals surface area contributed by atoms with Crippen LogP contribution in [0.3, 0.4) is 0 Å². The number of hydrogen-bond donors (Lipinski definition) is 1. The molecule has 1 aromatic heterocycles. The molecule has 1 N–H and O–H groups in total. The molecule has 16 heavy (non-hydrogen) atoms. The van der Waals surface area contributed by atoms with Crippen molar-refractivity contribution in [2.75, 3.05) is 6.54 Å². The van der Waals surface area contributed by atoms with Crippen molar-refractivity contribution in [2.24, 2.45) is 5.92 Å². The number of hydrogen-bond acceptors (Lipinski definition) is 2. The van der Waals surface area contributed by atoms with Gasteiger partial charge in [0.05, 0.1) is 10.9 Å². The first-order chi connectivity index (χ1) is 7.68. The molecular weight excluding hydrogens is 224 g/mol. The Bertz CT molecular complexity index is 390. The Hall–Kier alpha value is -1.09. The van der Waals surface area contributed by atoms with Crippen LogP contribution in [0.15, 0.2) is 18.3 Å². The third-order valence-corrected chi connectivity index (χ3v) is 3.35. The summed E-state index contributed by atoms with van der Waals surface area (Å²) in [5.74, 6) is 0.508. The molecule has 0 spiro atoms. The van der Waals surface area contributed by atoms with Gasteiger partial charge in [-0.05, 0) is 37.8 Å². The standard InChI is InChI=1S/C12H15ClN2O/c1-8-10(3-2-6-14-8)12(16)15-7-11(13)9-4-5-9/h2-3,6,9,11H,4-5,7H2,1H3,(H,15,16). The molecule has 1 aliphatic carbocycles. The molecule has 1 saturated carbocycles. The summed E-state index contributed by atoms with van der Waals surface area (Å²) in [4.78, 5) is 15.9. The number of aryl methyl sites for hydroxylation is 1. The first kappa shape index (κ1) is 11.4. The minimum Gasteiger partial charge on any atom is -0.350 e. The zero-order chi connectivity index (χ0) is 11.5. The Labute approximate surface area is 100 Å². The average molecular weight is 239 g/mol. The third kappa shape index (κ3) is 2.73. The zero-order valence-corrected chi connectivity index (χ0v) is 10.00. The molecule has 1 atom stereocenters. The predicted octanol–water partition coefficient (Wildman–Crippen LogP) is 2.14. The minimum absolute atomic E-state index is 0.0703. The van der Waals surface area contributed by atoms with Gasteiger partial charge in [-0.1, -0.05) is 0 Å². The van der Waals surface area contributed by atoms with Gasteiger partial charge in [-0.2, -0.15) is 0 Å². The van der Waals surface area contributed by atoms with Crippen molar-refractivity contribution in [2.45, 2.75) is 25.1 Å². The van der Waals surface area contributed by atoms with Gasteiger partial charge in [-0.25, -0.2) is 0 Å². The highest BCUT2D eigenvalue weighted by molar-refractivity contribution is 6.21. The van der Waals surface area contributed by atoms with Gasteiger partial charge in [-0.3, -0.25) is 9.78 Å². The summed E-state index contributed by atoms with van der Waals surface area (Å²) in [5, 5.41) is 2.92. The van der Waals surface area contributed by atoms with E-state index in [0.717, 1.165) is 5.69 Å². The maximum absolute atomic E-state index is 11.8. The van der Waals surface area contributed by atoms with Gasteiger partial charge in [0.2, 0.25) is 0 Å². The lowest BCUT2D eigenvalue weighted by atomic mass is 10.2. The highest BCUT2D eigenvalue weighted by atomic mass is 35.5. The van der Waals surface area contributed by atoms with E-state index in [0.29, 0.717) is 18.0 Å². The van der Waals surface area contributed by atoms with Crippen molar-refractivity contribution in [1.29, 1.82) is 0 Å². The zero-order valence-electron chi connectivity index (χ0n) is 9.24. The first-order valence-corrected chi connectivity index (χ1v) is 5.96. The van der Waals surface area contributed by atoms with Crippen LogP contribution in [0.5, 0.6) is 0 Å². The maximum atomic E-state index is 11.8. The van der Waals surface area contributed by atoms with Crippen LogP contribution >= 0.6 is 11.6 Å². The summed E-state index contributed by atoms with van der Waals surface area (Å²) in [6.45, 7) is 2.37. The summed E-state index contributed by atoms with van der Waals surface area (Å²) >= 11 is 6.12. The topological polar surface area (TPSA) is 42.0 Å². The van der Waals surface area contributed by atoms with E-state index in [2.05, 4.69) is 10.3 Å². The number of carbonyl (C=O) groups excluding carboxylic acids is 1. The molecule has 1 unspecified atom stereocenters. The largest absolute Gasteiger partial charge is 0.350 e. The number of nitrogens with zero attached hydrogens (tertiary/aromatic N) is 1. The maximum Gasteiger partial charge on any atom is 0.253 e. The van der Waals surface area contributed by atoms with Crippen molar-refractivity contribution in [3.8, 4) is 0 Å². The number of nitrogens with one attached hydrogen (secondary N) is 1. The van der Waals surface area contributed by atoms with Crippen LogP contribution in [0.4, 0.5) is 0 Å². The first-order valence-electron chi connectivity index (χ1n) is 5.52. The van der Waals surface area contributed by atoms with Crippen LogP contribution < -0.4 is 5.32 Å². The van der Waals surface area contributed by atoms with E-state index >= 15 is 0 Å². The van der Waals surface area contributed by atoms with Crippen molar-refractivity contribution < 1.29 is 4.79 Å². The molecule has 4 heteroatoms. The molecule has 1 aliphatic rings. The van der Waals surface area contributed by atoms with E-state index in [9.17, 15) is 4.79 Å². The average Bonchev–Trinajstić information content (AvgIpc) is 3.10. The van der Waals surface area contributed by atoms with Crippen LogP contribution in [0, 0.1) is 12.8 Å². The fourth-order valence-electron chi connectivity index (χ4n) is 1.63. The molecule has 2 rings (SSSR count). The van der Waals surface area contributed by atoms with E-state index in [1.807, 2.05) is 6.92 Å². The lowest BCUT2D eigenvalue weighted by Crippen LogP contribution is -2.31. The number of amides is 1. The molecule has 0 aliphatic heterocycles. The molecule has 0 aromatic carbocycles. The molecule has 86 valence electrons. The van der Waals surface area contributed by atoms with Gasteiger partial charge in [0.15, 0.2) is 0 Å². The smallest absolute Gasteiger partial charge is 0.253 e. The fraction of sp³-hybridized carbons (Fsp3) is 0.500. The monoisotopic (exact) mass is 238 g/mol. The fourth-order valence-corrected chi connectivity index (χ4v) is 1.96. The van der Waals surface area contributed by atoms with Crippen molar-refractivity contribution in [3.05, 3.63) is 29.6 Å². The Morgan fingerprint density at radius 2 is 2.44 bits per heavy atom. The summed E-state index contributed by atoms with van der Waals surface area (Å²) in [5.41, 5.74) is 1.37. The number of carbonyl (C=O) groups is 1. The summed E-state index contributed by atoms with van der Waals surface area (Å²) in [7, 11) is 0. The third-order valence-electron chi connectivity index (χ3n) is 2.84. The van der Waals surface area contributed by atoms with E-state index in [1.54, 1.807) is 18.3 Å². The quantitative estimate of drug-likeness (QED) is 0.817. The molecule has 1 heterocycles. The molecular formula is C12H15ClN2O. The summed E-state index contributed by atoms with van der Waals surface area (Å²) < 4.78 is 0. The lowest BCUT2D eigenvalue weighted by Gasteiger charge is -2.10. The Morgan fingerprint density at radius 3 is 3.06 bits per heavy atom. The number of halogens is 1. The molecule has 0 bridgehead atoms. The van der Waals surface area contributed by atoms with Gasteiger partial charge in [-0.15, -0.1) is 11.6 Å². The molecule has 1 aromatic rings. The van der Waals surface area contributed by atoms with Gasteiger partial charge in [0.25, 0.3) is 5.91 Å². The highest BCUT2D eigenvalue weighted by Gasteiger charge is 2.29. The van der Waals surface area contributed by atoms with Crippen LogP contribution in [0.25, 0.3) is 0 Å². The number of pyridine rings is 1. The van der Waals surface area contributed by atoms with E-state index < -0.39 is 0 Å². The predicted molar refractivity (Wildman–Crippen MR) is 63.7 cm³/mol. The van der Waals surface area contributed by atoms with Crippen LogP contribution in [0.1, 0.15) is 28.9 Å². The molecule has 1 fully saturated rings. The van der Waals surface area contributed by atoms with Crippen molar-refractivity contribution in [3.63, 3.8) is 0 Å². The molecule has 0 saturated heterocycles. The molecule has 0 radical (unpaired) electrons. The van der Waals surface area contributed by atoms with E-state index in [-0.39, 0.29) is 11.3 Å². The van der Waals surface area contributed by atoms with Crippen molar-refractivity contribution in [1.82, 2.24) is 10.3 Å². The minimum atomic E-state index is -0.0862. The van der Waals surface area contributed by atoms with Crippen LogP contribution in [-0.4, -0.2) is 22.8 Å². The summed E-state index contributed by atoms with van der Waals surface area (Å²) in [6, 6.07) is 3.54. The number of alkyl halides is 1. The van der Waals surface area contributed by atoms with Crippen LogP contribution in [-0.2, 0) is 0 Å². The number of rotatable bonds is 4. The van der Waals surface area contributed by atoms with Gasteiger partial charge in [0, 0.05) is 18.4 Å². The summed E-state index contributed by atoms with van der Waals surface area (Å²) in [6.07, 6.45) is 4.06. The second kappa shape index (κ2) is 4.83. The van der Waals surface area contributed by atoms with Crippen molar-refractivity contribution >= 4 is 17.5 Å². The molecule has 3 nitrogen and oxygen atoms in total. The van der Waals surface area contributed by atoms with E-state index in [1.165, 1.54) is 12.8 Å². The number of aromatic nitrogens is 1. The second-order valence-electron chi connectivity index (χ2n) is 4.20.